The van der Waals surface area contributed by atoms with Gasteiger partial charge in [0.25, 0.3) is 0 Å². The van der Waals surface area contributed by atoms with E-state index in [-0.39, 0.29) is 17.9 Å². The van der Waals surface area contributed by atoms with Crippen molar-refractivity contribution in [3.05, 3.63) is 108 Å². The number of ether oxygens (including phenoxy) is 1. The number of nitriles is 1. The number of carbonyl (C=O) groups excluding carboxylic acids is 1. The lowest BCUT2D eigenvalue weighted by molar-refractivity contribution is -0.117. The summed E-state index contributed by atoms with van der Waals surface area (Å²) in [6.45, 7) is 1.96. The van der Waals surface area contributed by atoms with E-state index in [1.807, 2.05) is 80.8 Å². The second-order valence-corrected chi connectivity index (χ2v) is 9.80. The third-order valence-electron chi connectivity index (χ3n) is 6.80. The zero-order chi connectivity index (χ0) is 27.5. The van der Waals surface area contributed by atoms with Gasteiger partial charge in [0, 0.05) is 18.8 Å². The predicted octanol–water partition coefficient (Wildman–Crippen LogP) is 6.74. The number of hydrogen-bond donors (Lipinski definition) is 1. The third kappa shape index (κ3) is 8.27. The Morgan fingerprint density at radius 1 is 0.974 bits per heavy atom. The van der Waals surface area contributed by atoms with Crippen molar-refractivity contribution in [3.8, 4) is 11.8 Å². The Labute approximate surface area is 230 Å². The molecular formula is C32H35N5O2. The Morgan fingerprint density at radius 2 is 1.74 bits per heavy atom. The molecule has 0 bridgehead atoms. The largest absolute Gasteiger partial charge is 0.484 e. The fourth-order valence-electron chi connectivity index (χ4n) is 4.57. The molecule has 0 aliphatic carbocycles. The first-order valence-electron chi connectivity index (χ1n) is 13.5. The maximum atomic E-state index is 13.3. The number of carbonyl (C=O) groups is 1. The number of benzene rings is 2. The summed E-state index contributed by atoms with van der Waals surface area (Å²) in [5, 5.41) is 16.1. The van der Waals surface area contributed by atoms with Gasteiger partial charge in [-0.3, -0.25) is 9.48 Å². The van der Waals surface area contributed by atoms with Gasteiger partial charge in [-0.05, 0) is 61.6 Å². The van der Waals surface area contributed by atoms with Crippen LogP contribution in [0, 0.1) is 11.3 Å². The number of amides is 1. The van der Waals surface area contributed by atoms with Crippen molar-refractivity contribution < 1.29 is 9.53 Å². The van der Waals surface area contributed by atoms with E-state index < -0.39 is 0 Å². The molecule has 1 N–H and O–H groups in total. The Bertz CT molecular complexity index is 1360. The van der Waals surface area contributed by atoms with Crippen molar-refractivity contribution in [2.75, 3.05) is 5.32 Å². The highest BCUT2D eigenvalue weighted by molar-refractivity contribution is 5.95. The molecule has 4 rings (SSSR count). The van der Waals surface area contributed by atoms with Crippen molar-refractivity contribution >= 4 is 11.7 Å². The van der Waals surface area contributed by atoms with Gasteiger partial charge in [0.05, 0.1) is 29.9 Å². The molecule has 0 saturated heterocycles. The van der Waals surface area contributed by atoms with Crippen molar-refractivity contribution in [1.29, 1.82) is 5.26 Å². The summed E-state index contributed by atoms with van der Waals surface area (Å²) in [6.07, 6.45) is 11.2. The topological polar surface area (TPSA) is 92.8 Å². The second kappa shape index (κ2) is 13.9. The van der Waals surface area contributed by atoms with Crippen LogP contribution >= 0.6 is 0 Å². The van der Waals surface area contributed by atoms with Crippen LogP contribution in [0.1, 0.15) is 73.3 Å². The molecule has 0 fully saturated rings. The van der Waals surface area contributed by atoms with Crippen LogP contribution in [0.25, 0.3) is 0 Å². The average molecular weight is 522 g/mol. The third-order valence-corrected chi connectivity index (χ3v) is 6.80. The van der Waals surface area contributed by atoms with Gasteiger partial charge in [-0.25, -0.2) is 4.98 Å². The van der Waals surface area contributed by atoms with Gasteiger partial charge in [0.2, 0.25) is 5.91 Å². The molecule has 0 spiro atoms. The minimum Gasteiger partial charge on any atom is -0.484 e. The standard InChI is InChI=1S/C32H35N5O2/c1-24(28-21-35-37(2)23-28)39-29-18-19-31(34-22-29)36-32(38)30(27-11-7-5-8-12-27)13-9-4-3-6-10-25-14-16-26(20-33)17-15-25/h5,7-8,11-12,14-19,21-24,30H,3-4,6,9-10,13H2,1-2H3,(H,34,36,38)/t24-,30-/m0/s1. The summed E-state index contributed by atoms with van der Waals surface area (Å²) in [6, 6.07) is 23.5. The van der Waals surface area contributed by atoms with Gasteiger partial charge in [-0.1, -0.05) is 61.7 Å². The number of nitrogens with zero attached hydrogens (tertiary/aromatic N) is 4. The highest BCUT2D eigenvalue weighted by Crippen LogP contribution is 2.26. The van der Waals surface area contributed by atoms with E-state index in [2.05, 4.69) is 21.5 Å². The van der Waals surface area contributed by atoms with Gasteiger partial charge in [0.1, 0.15) is 17.7 Å². The van der Waals surface area contributed by atoms with Crippen LogP contribution in [0.5, 0.6) is 5.75 Å². The van der Waals surface area contributed by atoms with Gasteiger partial charge in [-0.15, -0.1) is 0 Å². The van der Waals surface area contributed by atoms with Crippen molar-refractivity contribution in [2.24, 2.45) is 7.05 Å². The molecule has 7 heteroatoms. The minimum absolute atomic E-state index is 0.0521. The molecule has 1 amide bonds. The summed E-state index contributed by atoms with van der Waals surface area (Å²) < 4.78 is 7.72. The number of anilines is 1. The van der Waals surface area contributed by atoms with Gasteiger partial charge in [0.15, 0.2) is 0 Å². The second-order valence-electron chi connectivity index (χ2n) is 9.80. The Hall–Kier alpha value is -4.44. The number of rotatable bonds is 13. The van der Waals surface area contributed by atoms with E-state index >= 15 is 0 Å². The number of aryl methyl sites for hydroxylation is 2. The molecular weight excluding hydrogens is 486 g/mol. The first-order valence-corrected chi connectivity index (χ1v) is 13.5. The lowest BCUT2D eigenvalue weighted by atomic mass is 9.92. The van der Waals surface area contributed by atoms with Crippen LogP contribution in [0.15, 0.2) is 85.3 Å². The molecule has 4 aromatic rings. The molecule has 2 heterocycles. The minimum atomic E-state index is -0.243. The fourth-order valence-corrected chi connectivity index (χ4v) is 4.57. The van der Waals surface area contributed by atoms with Gasteiger partial charge < -0.3 is 10.1 Å². The first-order chi connectivity index (χ1) is 19.0. The monoisotopic (exact) mass is 521 g/mol. The quantitative estimate of drug-likeness (QED) is 0.197. The molecule has 0 unspecified atom stereocenters. The summed E-state index contributed by atoms with van der Waals surface area (Å²) in [7, 11) is 1.87. The Balaban J connectivity index is 1.27. The van der Waals surface area contributed by atoms with Crippen molar-refractivity contribution in [1.82, 2.24) is 14.8 Å². The van der Waals surface area contributed by atoms with E-state index in [1.54, 1.807) is 23.1 Å². The number of aromatic nitrogens is 3. The molecule has 2 aromatic heterocycles. The summed E-state index contributed by atoms with van der Waals surface area (Å²) in [5.74, 6) is 0.839. The molecule has 200 valence electrons. The van der Waals surface area contributed by atoms with Crippen molar-refractivity contribution in [3.63, 3.8) is 0 Å². The Kier molecular flexibility index (Phi) is 9.85. The van der Waals surface area contributed by atoms with Crippen molar-refractivity contribution in [2.45, 2.75) is 57.5 Å². The van der Waals surface area contributed by atoms with E-state index in [1.165, 1.54) is 5.56 Å². The van der Waals surface area contributed by atoms with Gasteiger partial charge in [-0.2, -0.15) is 10.4 Å². The molecule has 7 nitrogen and oxygen atoms in total. The van der Waals surface area contributed by atoms with Crippen LogP contribution in [-0.2, 0) is 18.3 Å². The normalized spacial score (nSPS) is 12.3. The van der Waals surface area contributed by atoms with Crippen LogP contribution in [0.2, 0.25) is 0 Å². The number of nitrogens with one attached hydrogen (secondary N) is 1. The van der Waals surface area contributed by atoms with E-state index in [9.17, 15) is 4.79 Å². The molecule has 0 aliphatic rings. The van der Waals surface area contributed by atoms with E-state index in [0.717, 1.165) is 49.7 Å². The van der Waals surface area contributed by atoms with Gasteiger partial charge >= 0.3 is 0 Å². The maximum Gasteiger partial charge on any atom is 0.233 e. The molecule has 2 aromatic carbocycles. The van der Waals surface area contributed by atoms with Crippen LogP contribution < -0.4 is 10.1 Å². The molecule has 0 saturated carbocycles. The molecule has 2 atom stereocenters. The lowest BCUT2D eigenvalue weighted by Crippen LogP contribution is -2.22. The average Bonchev–Trinajstić information content (AvgIpc) is 3.41. The lowest BCUT2D eigenvalue weighted by Gasteiger charge is -2.17. The summed E-state index contributed by atoms with van der Waals surface area (Å²) >= 11 is 0. The zero-order valence-corrected chi connectivity index (χ0v) is 22.6. The zero-order valence-electron chi connectivity index (χ0n) is 22.6. The van der Waals surface area contributed by atoms with Crippen LogP contribution in [-0.4, -0.2) is 20.7 Å². The number of unbranched alkanes of at least 4 members (excludes halogenated alkanes) is 3. The maximum absolute atomic E-state index is 13.3. The molecule has 39 heavy (non-hydrogen) atoms. The highest BCUT2D eigenvalue weighted by Gasteiger charge is 2.21. The molecule has 0 aliphatic heterocycles. The van der Waals surface area contributed by atoms with Crippen LogP contribution in [0.4, 0.5) is 5.82 Å². The fraction of sp³-hybridized carbons (Fsp3) is 0.312. The van der Waals surface area contributed by atoms with E-state index in [4.69, 9.17) is 10.00 Å². The van der Waals surface area contributed by atoms with Crippen LogP contribution in [0.3, 0.4) is 0 Å². The Morgan fingerprint density at radius 3 is 2.41 bits per heavy atom. The number of hydrogen-bond acceptors (Lipinski definition) is 5. The number of pyridine rings is 1. The SMILES string of the molecule is C[C@H](Oc1ccc(NC(=O)[C@@H](CCCCCCc2ccc(C#N)cc2)c2ccccc2)nc1)c1cnn(C)c1. The highest BCUT2D eigenvalue weighted by atomic mass is 16.5. The summed E-state index contributed by atoms with van der Waals surface area (Å²) in [4.78, 5) is 17.7. The van der Waals surface area contributed by atoms with E-state index in [0.29, 0.717) is 17.1 Å². The summed E-state index contributed by atoms with van der Waals surface area (Å²) in [5.41, 5.74) is 3.94. The first kappa shape index (κ1) is 27.6. The smallest absolute Gasteiger partial charge is 0.233 e. The molecule has 0 radical (unpaired) electrons. The predicted molar refractivity (Wildman–Crippen MR) is 152 cm³/mol.